The van der Waals surface area contributed by atoms with Crippen molar-refractivity contribution in [3.63, 3.8) is 0 Å². The minimum atomic E-state index is -0.349. The summed E-state index contributed by atoms with van der Waals surface area (Å²) in [5, 5.41) is 3.72. The zero-order chi connectivity index (χ0) is 14.2. The molecule has 0 aliphatic rings. The predicted molar refractivity (Wildman–Crippen MR) is 84.9 cm³/mol. The minimum Gasteiger partial charge on any atom is -0.376 e. The highest BCUT2D eigenvalue weighted by Crippen LogP contribution is 2.36. The number of halogens is 3. The van der Waals surface area contributed by atoms with Crippen LogP contribution in [0.3, 0.4) is 0 Å². The van der Waals surface area contributed by atoms with Gasteiger partial charge in [-0.1, -0.05) is 11.6 Å². The first-order chi connectivity index (χ1) is 8.88. The zero-order valence-corrected chi connectivity index (χ0v) is 14.0. The number of aryl methyl sites for hydroxylation is 2. The SMILES string of the molecule is Cc1cc(C(C)Nc2c(Cl)cc(F)cc2Br)c(C)s1. The number of hydrogen-bond donors (Lipinski definition) is 1. The van der Waals surface area contributed by atoms with E-state index >= 15 is 0 Å². The topological polar surface area (TPSA) is 12.0 Å². The number of thiophene rings is 1. The van der Waals surface area contributed by atoms with Crippen LogP contribution in [0.4, 0.5) is 10.1 Å². The first kappa shape index (κ1) is 14.8. The predicted octanol–water partition coefficient (Wildman–Crippen LogP) is 6.09. The minimum absolute atomic E-state index is 0.115. The number of nitrogens with one attached hydrogen (secondary N) is 1. The van der Waals surface area contributed by atoms with Crippen molar-refractivity contribution in [2.24, 2.45) is 0 Å². The van der Waals surface area contributed by atoms with Crippen LogP contribution in [0.2, 0.25) is 5.02 Å². The Morgan fingerprint density at radius 1 is 1.32 bits per heavy atom. The van der Waals surface area contributed by atoms with E-state index in [0.717, 1.165) is 5.69 Å². The van der Waals surface area contributed by atoms with E-state index in [1.54, 1.807) is 11.3 Å². The Balaban J connectivity index is 2.29. The van der Waals surface area contributed by atoms with Gasteiger partial charge in [-0.15, -0.1) is 11.3 Å². The monoisotopic (exact) mass is 361 g/mol. The lowest BCUT2D eigenvalue weighted by Crippen LogP contribution is -2.08. The molecule has 1 aromatic carbocycles. The lowest BCUT2D eigenvalue weighted by molar-refractivity contribution is 0.627. The van der Waals surface area contributed by atoms with Gasteiger partial charge >= 0.3 is 0 Å². The molecule has 0 radical (unpaired) electrons. The molecule has 19 heavy (non-hydrogen) atoms. The van der Waals surface area contributed by atoms with Crippen molar-refractivity contribution in [3.8, 4) is 0 Å². The summed E-state index contributed by atoms with van der Waals surface area (Å²) < 4.78 is 13.8. The third-order valence-corrected chi connectivity index (χ3v) is 4.82. The fraction of sp³-hybridized carbons (Fsp3) is 0.286. The summed E-state index contributed by atoms with van der Waals surface area (Å²) in [7, 11) is 0. The maximum absolute atomic E-state index is 13.2. The van der Waals surface area contributed by atoms with Crippen LogP contribution < -0.4 is 5.32 Å². The molecule has 0 saturated carbocycles. The van der Waals surface area contributed by atoms with Crippen LogP contribution in [0.1, 0.15) is 28.3 Å². The van der Waals surface area contributed by atoms with Crippen LogP contribution in [-0.2, 0) is 0 Å². The van der Waals surface area contributed by atoms with Crippen molar-refractivity contribution < 1.29 is 4.39 Å². The van der Waals surface area contributed by atoms with Crippen LogP contribution in [-0.4, -0.2) is 0 Å². The van der Waals surface area contributed by atoms with Crippen molar-refractivity contribution in [1.29, 1.82) is 0 Å². The van der Waals surface area contributed by atoms with Gasteiger partial charge in [-0.3, -0.25) is 0 Å². The summed E-state index contributed by atoms with van der Waals surface area (Å²) >= 11 is 11.2. The van der Waals surface area contributed by atoms with E-state index in [-0.39, 0.29) is 11.9 Å². The summed E-state index contributed by atoms with van der Waals surface area (Å²) in [4.78, 5) is 2.57. The quantitative estimate of drug-likeness (QED) is 0.696. The van der Waals surface area contributed by atoms with E-state index in [1.165, 1.54) is 27.5 Å². The highest BCUT2D eigenvalue weighted by molar-refractivity contribution is 9.10. The molecule has 2 aromatic rings. The van der Waals surface area contributed by atoms with Gasteiger partial charge in [0.1, 0.15) is 5.82 Å². The Morgan fingerprint density at radius 3 is 2.53 bits per heavy atom. The van der Waals surface area contributed by atoms with Crippen molar-refractivity contribution in [1.82, 2.24) is 0 Å². The summed E-state index contributed by atoms with van der Waals surface area (Å²) in [5.74, 6) is -0.349. The molecular weight excluding hydrogens is 349 g/mol. The molecule has 2 rings (SSSR count). The summed E-state index contributed by atoms with van der Waals surface area (Å²) in [5.41, 5.74) is 1.97. The summed E-state index contributed by atoms with van der Waals surface area (Å²) in [6.45, 7) is 6.27. The molecule has 5 heteroatoms. The van der Waals surface area contributed by atoms with E-state index < -0.39 is 0 Å². The fourth-order valence-corrected chi connectivity index (χ4v) is 4.00. The second-order valence-corrected chi connectivity index (χ2v) is 7.20. The molecule has 1 heterocycles. The van der Waals surface area contributed by atoms with Gasteiger partial charge in [0.25, 0.3) is 0 Å². The van der Waals surface area contributed by atoms with Crippen LogP contribution in [0.15, 0.2) is 22.7 Å². The third-order valence-electron chi connectivity index (χ3n) is 2.91. The zero-order valence-electron chi connectivity index (χ0n) is 10.9. The molecule has 0 bridgehead atoms. The highest BCUT2D eigenvalue weighted by Gasteiger charge is 2.15. The molecule has 0 spiro atoms. The Kier molecular flexibility index (Phi) is 4.54. The van der Waals surface area contributed by atoms with Gasteiger partial charge in [0.05, 0.1) is 10.7 Å². The second-order valence-electron chi connectivity index (χ2n) is 4.48. The maximum Gasteiger partial charge on any atom is 0.125 e. The van der Waals surface area contributed by atoms with E-state index in [9.17, 15) is 4.39 Å². The Morgan fingerprint density at radius 2 is 2.00 bits per heavy atom. The summed E-state index contributed by atoms with van der Waals surface area (Å²) in [6, 6.07) is 5.01. The van der Waals surface area contributed by atoms with Gasteiger partial charge < -0.3 is 5.32 Å². The maximum atomic E-state index is 13.2. The smallest absolute Gasteiger partial charge is 0.125 e. The van der Waals surface area contributed by atoms with Gasteiger partial charge in [-0.2, -0.15) is 0 Å². The average molecular weight is 363 g/mol. The van der Waals surface area contributed by atoms with E-state index in [4.69, 9.17) is 11.6 Å². The number of hydrogen-bond acceptors (Lipinski definition) is 2. The molecule has 102 valence electrons. The van der Waals surface area contributed by atoms with E-state index in [0.29, 0.717) is 9.50 Å². The number of anilines is 1. The Bertz CT molecular complexity index is 588. The van der Waals surface area contributed by atoms with Crippen molar-refractivity contribution in [2.45, 2.75) is 26.8 Å². The fourth-order valence-electron chi connectivity index (χ4n) is 2.05. The molecule has 1 N–H and O–H groups in total. The lowest BCUT2D eigenvalue weighted by Gasteiger charge is -2.18. The average Bonchev–Trinajstić information content (AvgIpc) is 2.62. The van der Waals surface area contributed by atoms with Crippen molar-refractivity contribution in [3.05, 3.63) is 48.8 Å². The van der Waals surface area contributed by atoms with Crippen LogP contribution in [0.25, 0.3) is 0 Å². The molecule has 0 fully saturated rings. The third kappa shape index (κ3) is 3.30. The largest absolute Gasteiger partial charge is 0.376 e. The number of rotatable bonds is 3. The van der Waals surface area contributed by atoms with Gasteiger partial charge in [0, 0.05) is 20.3 Å². The molecule has 1 atom stereocenters. The summed E-state index contributed by atoms with van der Waals surface area (Å²) in [6.07, 6.45) is 0. The van der Waals surface area contributed by atoms with E-state index in [1.807, 2.05) is 0 Å². The molecule has 0 aliphatic heterocycles. The van der Waals surface area contributed by atoms with Gasteiger partial charge in [0.2, 0.25) is 0 Å². The molecule has 0 saturated heterocycles. The molecule has 1 aromatic heterocycles. The van der Waals surface area contributed by atoms with Crippen LogP contribution in [0.5, 0.6) is 0 Å². The Hall–Kier alpha value is -0.580. The van der Waals surface area contributed by atoms with Crippen molar-refractivity contribution >= 4 is 44.6 Å². The molecular formula is C14H14BrClFNS. The van der Waals surface area contributed by atoms with Gasteiger partial charge in [-0.05, 0) is 60.5 Å². The van der Waals surface area contributed by atoms with Crippen LogP contribution >= 0.6 is 38.9 Å². The van der Waals surface area contributed by atoms with Gasteiger partial charge in [-0.25, -0.2) is 4.39 Å². The standard InChI is InChI=1S/C14H14BrClFNS/c1-7-4-11(9(3)19-7)8(2)18-14-12(15)5-10(17)6-13(14)16/h4-6,8,18H,1-3H3. The highest BCUT2D eigenvalue weighted by atomic mass is 79.9. The normalized spacial score (nSPS) is 12.5. The number of benzene rings is 1. The molecule has 1 unspecified atom stereocenters. The Labute approximate surface area is 129 Å². The molecule has 1 nitrogen and oxygen atoms in total. The second kappa shape index (κ2) is 5.81. The van der Waals surface area contributed by atoms with E-state index in [2.05, 4.69) is 48.1 Å². The molecule has 0 amide bonds. The van der Waals surface area contributed by atoms with Crippen LogP contribution in [0, 0.1) is 19.7 Å². The molecule has 0 aliphatic carbocycles. The van der Waals surface area contributed by atoms with Gasteiger partial charge in [0.15, 0.2) is 0 Å². The first-order valence-electron chi connectivity index (χ1n) is 5.86. The first-order valence-corrected chi connectivity index (χ1v) is 7.85. The lowest BCUT2D eigenvalue weighted by atomic mass is 10.1. The van der Waals surface area contributed by atoms with Crippen molar-refractivity contribution in [2.75, 3.05) is 5.32 Å².